The molecule has 0 saturated carbocycles. The first kappa shape index (κ1) is 20.4. The van der Waals surface area contributed by atoms with Crippen LogP contribution in [0.25, 0.3) is 0 Å². The van der Waals surface area contributed by atoms with Crippen molar-refractivity contribution >= 4 is 15.7 Å². The van der Waals surface area contributed by atoms with Crippen LogP contribution >= 0.6 is 0 Å². The molecule has 31 heavy (non-hydrogen) atoms. The zero-order chi connectivity index (χ0) is 21.6. The van der Waals surface area contributed by atoms with Crippen LogP contribution in [-0.4, -0.2) is 38.0 Å². The zero-order valence-corrected chi connectivity index (χ0v) is 18.4. The van der Waals surface area contributed by atoms with Gasteiger partial charge in [0.2, 0.25) is 10.0 Å². The van der Waals surface area contributed by atoms with Gasteiger partial charge in [0, 0.05) is 30.3 Å². The standard InChI is InChI=1S/C24H28N2O4S/c1-30-22-10-6-9-19(24(22)27)23-18-8-5-7-17(18)20-15-16(11-12-21(20)25-23)31(28,29)26-13-3-2-4-14-26/h5-7,9-12,15,17-18,23,25,27H,2-4,8,13-14H2,1H3. The molecule has 3 atom stereocenters. The van der Waals surface area contributed by atoms with Gasteiger partial charge in [-0.3, -0.25) is 0 Å². The second-order valence-corrected chi connectivity index (χ2v) is 10.5. The molecule has 0 spiro atoms. The summed E-state index contributed by atoms with van der Waals surface area (Å²) in [7, 11) is -1.93. The van der Waals surface area contributed by atoms with Gasteiger partial charge in [0.05, 0.1) is 18.0 Å². The molecule has 2 aliphatic heterocycles. The van der Waals surface area contributed by atoms with E-state index in [1.165, 1.54) is 0 Å². The molecule has 2 aromatic carbocycles. The van der Waals surface area contributed by atoms with Crippen LogP contribution in [0.4, 0.5) is 5.69 Å². The van der Waals surface area contributed by atoms with E-state index in [0.717, 1.165) is 42.5 Å². The molecular weight excluding hydrogens is 412 g/mol. The highest BCUT2D eigenvalue weighted by molar-refractivity contribution is 7.89. The third kappa shape index (κ3) is 3.40. The highest BCUT2D eigenvalue weighted by atomic mass is 32.2. The lowest BCUT2D eigenvalue weighted by Crippen LogP contribution is -2.36. The molecule has 3 unspecified atom stereocenters. The number of benzene rings is 2. The van der Waals surface area contributed by atoms with Crippen LogP contribution in [0.5, 0.6) is 11.5 Å². The number of anilines is 1. The van der Waals surface area contributed by atoms with Crippen molar-refractivity contribution in [1.82, 2.24) is 4.31 Å². The number of phenols is 1. The molecule has 1 saturated heterocycles. The van der Waals surface area contributed by atoms with Gasteiger partial charge in [0.25, 0.3) is 0 Å². The van der Waals surface area contributed by atoms with Gasteiger partial charge in [-0.05, 0) is 55.0 Å². The number of para-hydroxylation sites is 1. The number of hydrogen-bond acceptors (Lipinski definition) is 5. The van der Waals surface area contributed by atoms with Crippen molar-refractivity contribution < 1.29 is 18.3 Å². The van der Waals surface area contributed by atoms with Crippen molar-refractivity contribution in [3.63, 3.8) is 0 Å². The predicted molar refractivity (Wildman–Crippen MR) is 120 cm³/mol. The van der Waals surface area contributed by atoms with Crippen LogP contribution in [0.2, 0.25) is 0 Å². The van der Waals surface area contributed by atoms with Gasteiger partial charge < -0.3 is 15.2 Å². The lowest BCUT2D eigenvalue weighted by Gasteiger charge is -2.38. The number of fused-ring (bicyclic) bond motifs is 3. The maximum Gasteiger partial charge on any atom is 0.243 e. The second-order valence-electron chi connectivity index (χ2n) is 8.59. The minimum Gasteiger partial charge on any atom is -0.504 e. The van der Waals surface area contributed by atoms with E-state index in [-0.39, 0.29) is 23.6 Å². The first-order chi connectivity index (χ1) is 15.0. The SMILES string of the molecule is COc1cccc(C2Nc3ccc(S(=O)(=O)N4CCCCC4)cc3C3C=CCC32)c1O. The van der Waals surface area contributed by atoms with E-state index in [2.05, 4.69) is 17.5 Å². The highest BCUT2D eigenvalue weighted by Crippen LogP contribution is 2.52. The number of rotatable bonds is 4. The van der Waals surface area contributed by atoms with Gasteiger partial charge in [-0.25, -0.2) is 8.42 Å². The van der Waals surface area contributed by atoms with Crippen molar-refractivity contribution in [3.05, 3.63) is 59.7 Å². The summed E-state index contributed by atoms with van der Waals surface area (Å²) < 4.78 is 33.3. The number of piperidine rings is 1. The summed E-state index contributed by atoms with van der Waals surface area (Å²) in [4.78, 5) is 0.372. The van der Waals surface area contributed by atoms with Crippen molar-refractivity contribution in [3.8, 4) is 11.5 Å². The molecule has 0 bridgehead atoms. The van der Waals surface area contributed by atoms with E-state index in [9.17, 15) is 13.5 Å². The van der Waals surface area contributed by atoms with E-state index in [0.29, 0.717) is 23.7 Å². The first-order valence-electron chi connectivity index (χ1n) is 10.9. The minimum absolute atomic E-state index is 0.0906. The summed E-state index contributed by atoms with van der Waals surface area (Å²) in [5, 5.41) is 14.3. The Morgan fingerprint density at radius 3 is 2.68 bits per heavy atom. The minimum atomic E-state index is -3.48. The Kier molecular flexibility index (Phi) is 5.18. The lowest BCUT2D eigenvalue weighted by molar-refractivity contribution is 0.346. The van der Waals surface area contributed by atoms with Crippen LogP contribution in [0.15, 0.2) is 53.4 Å². The lowest BCUT2D eigenvalue weighted by atomic mass is 9.77. The molecule has 5 rings (SSSR count). The first-order valence-corrected chi connectivity index (χ1v) is 12.4. The van der Waals surface area contributed by atoms with Crippen molar-refractivity contribution in [2.24, 2.45) is 5.92 Å². The highest BCUT2D eigenvalue weighted by Gasteiger charge is 2.40. The number of sulfonamides is 1. The van der Waals surface area contributed by atoms with E-state index >= 15 is 0 Å². The molecule has 164 valence electrons. The Morgan fingerprint density at radius 1 is 1.10 bits per heavy atom. The Balaban J connectivity index is 1.53. The van der Waals surface area contributed by atoms with Gasteiger partial charge in [0.15, 0.2) is 11.5 Å². The Bertz CT molecular complexity index is 1120. The number of methoxy groups -OCH3 is 1. The summed E-state index contributed by atoms with van der Waals surface area (Å²) in [5.41, 5.74) is 2.72. The Hall–Kier alpha value is -2.51. The molecule has 0 aromatic heterocycles. The second kappa shape index (κ2) is 7.88. The van der Waals surface area contributed by atoms with E-state index in [4.69, 9.17) is 4.74 Å². The summed E-state index contributed by atoms with van der Waals surface area (Å²) in [6.45, 7) is 1.20. The van der Waals surface area contributed by atoms with Gasteiger partial charge in [-0.15, -0.1) is 0 Å². The molecule has 1 aliphatic carbocycles. The smallest absolute Gasteiger partial charge is 0.243 e. The average Bonchev–Trinajstić information content (AvgIpc) is 3.29. The van der Waals surface area contributed by atoms with Gasteiger partial charge in [0.1, 0.15) is 0 Å². The number of aromatic hydroxyl groups is 1. The topological polar surface area (TPSA) is 78.9 Å². The molecule has 2 aromatic rings. The Morgan fingerprint density at radius 2 is 1.90 bits per heavy atom. The average molecular weight is 441 g/mol. The number of phenolic OH excluding ortho intramolecular Hbond substituents is 1. The Labute approximate surface area is 183 Å². The number of hydrogen-bond donors (Lipinski definition) is 2. The summed E-state index contributed by atoms with van der Waals surface area (Å²) in [6, 6.07) is 10.9. The number of nitrogens with zero attached hydrogens (tertiary/aromatic N) is 1. The molecule has 3 aliphatic rings. The quantitative estimate of drug-likeness (QED) is 0.689. The summed E-state index contributed by atoms with van der Waals surface area (Å²) in [5.74, 6) is 0.901. The van der Waals surface area contributed by atoms with Crippen LogP contribution in [0.3, 0.4) is 0 Å². The molecule has 7 heteroatoms. The number of allylic oxidation sites excluding steroid dienone is 2. The van der Waals surface area contributed by atoms with Crippen LogP contribution < -0.4 is 10.1 Å². The van der Waals surface area contributed by atoms with Gasteiger partial charge in [-0.2, -0.15) is 4.31 Å². The fraction of sp³-hybridized carbons (Fsp3) is 0.417. The zero-order valence-electron chi connectivity index (χ0n) is 17.6. The van der Waals surface area contributed by atoms with E-state index < -0.39 is 10.0 Å². The predicted octanol–water partition coefficient (Wildman–Crippen LogP) is 4.40. The number of nitrogens with one attached hydrogen (secondary N) is 1. The fourth-order valence-corrected chi connectivity index (χ4v) is 6.80. The molecule has 1 fully saturated rings. The van der Waals surface area contributed by atoms with Crippen molar-refractivity contribution in [2.45, 2.75) is 42.5 Å². The van der Waals surface area contributed by atoms with Crippen LogP contribution in [-0.2, 0) is 10.0 Å². The van der Waals surface area contributed by atoms with E-state index in [1.54, 1.807) is 23.5 Å². The third-order valence-corrected chi connectivity index (χ3v) is 8.77. The van der Waals surface area contributed by atoms with E-state index in [1.807, 2.05) is 24.3 Å². The molecule has 0 amide bonds. The van der Waals surface area contributed by atoms with Crippen molar-refractivity contribution in [1.29, 1.82) is 0 Å². The maximum atomic E-state index is 13.2. The van der Waals surface area contributed by atoms with Gasteiger partial charge in [-0.1, -0.05) is 30.7 Å². The molecule has 6 nitrogen and oxygen atoms in total. The van der Waals surface area contributed by atoms with Crippen LogP contribution in [0.1, 0.15) is 48.8 Å². The fourth-order valence-electron chi connectivity index (χ4n) is 5.25. The van der Waals surface area contributed by atoms with Crippen LogP contribution in [0, 0.1) is 5.92 Å². The summed E-state index contributed by atoms with van der Waals surface area (Å²) >= 11 is 0. The van der Waals surface area contributed by atoms with Crippen molar-refractivity contribution in [2.75, 3.05) is 25.5 Å². The summed E-state index contributed by atoms with van der Waals surface area (Å²) in [6.07, 6.45) is 8.12. The monoisotopic (exact) mass is 440 g/mol. The molecule has 2 N–H and O–H groups in total. The molecular formula is C24H28N2O4S. The largest absolute Gasteiger partial charge is 0.504 e. The van der Waals surface area contributed by atoms with Gasteiger partial charge >= 0.3 is 0 Å². The maximum absolute atomic E-state index is 13.2. The normalized spacial score (nSPS) is 25.5. The third-order valence-electron chi connectivity index (χ3n) is 6.87. The molecule has 2 heterocycles. The number of ether oxygens (including phenoxy) is 1. The molecule has 0 radical (unpaired) electrons.